The summed E-state index contributed by atoms with van der Waals surface area (Å²) in [6, 6.07) is 0. The predicted octanol–water partition coefficient (Wildman–Crippen LogP) is 2.66. The average molecular weight is 108 g/mol. The van der Waals surface area contributed by atoms with Crippen LogP contribution in [0.15, 0.2) is 17.4 Å². The lowest BCUT2D eigenvalue weighted by Crippen LogP contribution is -1.63. The highest BCUT2D eigenvalue weighted by atomic mass is 14.1. The molecule has 0 unspecified atom stereocenters. The summed E-state index contributed by atoms with van der Waals surface area (Å²) < 4.78 is 0. The second-order valence-corrected chi connectivity index (χ2v) is 2.24. The molecule has 1 saturated carbocycles. The molecule has 0 aliphatic heterocycles. The zero-order valence-corrected chi connectivity index (χ0v) is 5.41. The highest BCUT2D eigenvalue weighted by Gasteiger charge is 2.03. The van der Waals surface area contributed by atoms with E-state index in [0.29, 0.717) is 0 Å². The predicted molar refractivity (Wildman–Crippen MR) is 35.7 cm³/mol. The van der Waals surface area contributed by atoms with Gasteiger partial charge in [0.1, 0.15) is 0 Å². The van der Waals surface area contributed by atoms with Gasteiger partial charge >= 0.3 is 0 Å². The fourth-order valence-electron chi connectivity index (χ4n) is 1.15. The molecule has 0 spiro atoms. The van der Waals surface area contributed by atoms with Gasteiger partial charge in [-0.2, -0.15) is 0 Å². The molecule has 1 rings (SSSR count). The lowest BCUT2D eigenvalue weighted by atomic mass is 10.2. The zero-order chi connectivity index (χ0) is 5.82. The Balaban J connectivity index is 2.58. The Bertz CT molecular complexity index is 117. The second-order valence-electron chi connectivity index (χ2n) is 2.24. The van der Waals surface area contributed by atoms with E-state index in [9.17, 15) is 0 Å². The molecule has 0 radical (unpaired) electrons. The van der Waals surface area contributed by atoms with Gasteiger partial charge in [-0.1, -0.05) is 0 Å². The molecule has 0 atom stereocenters. The van der Waals surface area contributed by atoms with Crippen LogP contribution >= 0.6 is 0 Å². The van der Waals surface area contributed by atoms with Crippen molar-refractivity contribution >= 4 is 0 Å². The number of hydrogen-bond acceptors (Lipinski definition) is 0. The van der Waals surface area contributed by atoms with Crippen molar-refractivity contribution in [1.82, 2.24) is 0 Å². The van der Waals surface area contributed by atoms with Crippen LogP contribution in [0.2, 0.25) is 0 Å². The summed E-state index contributed by atoms with van der Waals surface area (Å²) in [4.78, 5) is 0. The van der Waals surface area contributed by atoms with Crippen LogP contribution in [-0.2, 0) is 0 Å². The summed E-state index contributed by atoms with van der Waals surface area (Å²) >= 11 is 0. The zero-order valence-electron chi connectivity index (χ0n) is 5.41. The molecule has 8 heavy (non-hydrogen) atoms. The van der Waals surface area contributed by atoms with Gasteiger partial charge in [0.15, 0.2) is 0 Å². The minimum atomic E-state index is 1.30. The number of rotatable bonds is 0. The summed E-state index contributed by atoms with van der Waals surface area (Å²) in [5.74, 6) is 0. The van der Waals surface area contributed by atoms with E-state index in [1.807, 2.05) is 13.0 Å². The lowest BCUT2D eigenvalue weighted by Gasteiger charge is -1.82. The van der Waals surface area contributed by atoms with Gasteiger partial charge < -0.3 is 0 Å². The van der Waals surface area contributed by atoms with Crippen LogP contribution < -0.4 is 0 Å². The summed E-state index contributed by atoms with van der Waals surface area (Å²) in [5, 5.41) is 0. The van der Waals surface area contributed by atoms with Crippen LogP contribution in [-0.4, -0.2) is 0 Å². The van der Waals surface area contributed by atoms with E-state index >= 15 is 0 Å². The van der Waals surface area contributed by atoms with Gasteiger partial charge in [-0.3, -0.25) is 0 Å². The Morgan fingerprint density at radius 3 is 2.50 bits per heavy atom. The van der Waals surface area contributed by atoms with Crippen molar-refractivity contribution in [3.05, 3.63) is 17.4 Å². The SMILES string of the molecule is CC=C=C1CCCC1. The van der Waals surface area contributed by atoms with Gasteiger partial charge in [0.05, 0.1) is 0 Å². The minimum absolute atomic E-state index is 1.30. The van der Waals surface area contributed by atoms with Crippen LogP contribution in [0, 0.1) is 0 Å². The Morgan fingerprint density at radius 2 is 2.00 bits per heavy atom. The van der Waals surface area contributed by atoms with Crippen LogP contribution in [0.3, 0.4) is 0 Å². The largest absolute Gasteiger partial charge is 0.126 e. The van der Waals surface area contributed by atoms with Gasteiger partial charge in [0.25, 0.3) is 0 Å². The fraction of sp³-hybridized carbons (Fsp3) is 0.625. The Hall–Kier alpha value is -0.480. The molecule has 0 amide bonds. The third-order valence-corrected chi connectivity index (χ3v) is 1.56. The van der Waals surface area contributed by atoms with Crippen molar-refractivity contribution in [2.45, 2.75) is 32.6 Å². The van der Waals surface area contributed by atoms with Crippen LogP contribution in [0.25, 0.3) is 0 Å². The maximum Gasteiger partial charge on any atom is -0.0244 e. The van der Waals surface area contributed by atoms with Crippen molar-refractivity contribution in [2.75, 3.05) is 0 Å². The topological polar surface area (TPSA) is 0 Å². The monoisotopic (exact) mass is 108 g/mol. The molecule has 0 aromatic heterocycles. The summed E-state index contributed by atoms with van der Waals surface area (Å²) in [7, 11) is 0. The summed E-state index contributed by atoms with van der Waals surface area (Å²) in [5.41, 5.74) is 4.76. The van der Waals surface area contributed by atoms with Gasteiger partial charge in [-0.05, 0) is 44.3 Å². The standard InChI is InChI=1S/C8H12/c1-2-5-8-6-3-4-7-8/h2H,3-4,6-7H2,1H3. The van der Waals surface area contributed by atoms with Gasteiger partial charge in [0.2, 0.25) is 0 Å². The van der Waals surface area contributed by atoms with E-state index < -0.39 is 0 Å². The smallest absolute Gasteiger partial charge is 0.0244 e. The fourth-order valence-corrected chi connectivity index (χ4v) is 1.15. The quantitative estimate of drug-likeness (QED) is 0.418. The second kappa shape index (κ2) is 2.74. The van der Waals surface area contributed by atoms with Gasteiger partial charge in [-0.15, -0.1) is 5.73 Å². The van der Waals surface area contributed by atoms with Gasteiger partial charge in [-0.25, -0.2) is 0 Å². The summed E-state index contributed by atoms with van der Waals surface area (Å²) in [6.45, 7) is 2.03. The van der Waals surface area contributed by atoms with E-state index in [2.05, 4.69) is 5.73 Å². The molecule has 1 fully saturated rings. The normalized spacial score (nSPS) is 18.4. The van der Waals surface area contributed by atoms with Crippen LogP contribution in [0.4, 0.5) is 0 Å². The van der Waals surface area contributed by atoms with Crippen molar-refractivity contribution in [3.63, 3.8) is 0 Å². The first-order chi connectivity index (χ1) is 3.93. The first kappa shape index (κ1) is 5.65. The number of allylic oxidation sites excluding steroid dienone is 1. The molecular formula is C8H12. The molecule has 1 aliphatic carbocycles. The molecule has 0 saturated heterocycles. The highest BCUT2D eigenvalue weighted by Crippen LogP contribution is 2.21. The molecule has 0 nitrogen and oxygen atoms in total. The van der Waals surface area contributed by atoms with E-state index in [0.717, 1.165) is 0 Å². The molecule has 0 N–H and O–H groups in total. The molecule has 0 aromatic rings. The van der Waals surface area contributed by atoms with Crippen molar-refractivity contribution in [3.8, 4) is 0 Å². The maximum atomic E-state index is 3.24. The molecule has 0 heterocycles. The Kier molecular flexibility index (Phi) is 1.93. The molecule has 44 valence electrons. The van der Waals surface area contributed by atoms with Crippen LogP contribution in [0.1, 0.15) is 32.6 Å². The van der Waals surface area contributed by atoms with Crippen molar-refractivity contribution in [1.29, 1.82) is 0 Å². The van der Waals surface area contributed by atoms with Crippen molar-refractivity contribution < 1.29 is 0 Å². The first-order valence-corrected chi connectivity index (χ1v) is 3.32. The molecular weight excluding hydrogens is 96.1 g/mol. The van der Waals surface area contributed by atoms with E-state index in [1.54, 1.807) is 0 Å². The highest BCUT2D eigenvalue weighted by molar-refractivity contribution is 5.04. The van der Waals surface area contributed by atoms with Crippen molar-refractivity contribution in [2.24, 2.45) is 0 Å². The lowest BCUT2D eigenvalue weighted by molar-refractivity contribution is 0.886. The molecule has 0 heteroatoms. The summed E-state index contributed by atoms with van der Waals surface area (Å²) in [6.07, 6.45) is 7.38. The first-order valence-electron chi connectivity index (χ1n) is 3.32. The van der Waals surface area contributed by atoms with Crippen LogP contribution in [0.5, 0.6) is 0 Å². The third-order valence-electron chi connectivity index (χ3n) is 1.56. The average Bonchev–Trinajstić information content (AvgIpc) is 2.19. The third kappa shape index (κ3) is 1.24. The number of hydrogen-bond donors (Lipinski definition) is 0. The maximum absolute atomic E-state index is 3.24. The molecule has 1 aliphatic rings. The molecule has 0 bridgehead atoms. The molecule has 0 aromatic carbocycles. The minimum Gasteiger partial charge on any atom is -0.126 e. The van der Waals surface area contributed by atoms with Gasteiger partial charge in [0, 0.05) is 0 Å². The van der Waals surface area contributed by atoms with E-state index in [1.165, 1.54) is 31.3 Å². The Labute approximate surface area is 50.9 Å². The van der Waals surface area contributed by atoms with E-state index in [-0.39, 0.29) is 0 Å². The van der Waals surface area contributed by atoms with E-state index in [4.69, 9.17) is 0 Å². The Morgan fingerprint density at radius 1 is 1.38 bits per heavy atom.